The van der Waals surface area contributed by atoms with Gasteiger partial charge in [0, 0.05) is 28.2 Å². The van der Waals surface area contributed by atoms with Gasteiger partial charge in [0.25, 0.3) is 0 Å². The summed E-state index contributed by atoms with van der Waals surface area (Å²) in [5, 5.41) is 0. The molecule has 0 aliphatic heterocycles. The molecule has 0 fully saturated rings. The normalized spacial score (nSPS) is 11.9. The Labute approximate surface area is 172 Å². The number of likely N-dealkylation sites (N-methyl/N-ethyl adjacent to an activating group) is 2. The first kappa shape index (κ1) is 21.5. The van der Waals surface area contributed by atoms with Crippen LogP contribution in [0.3, 0.4) is 0 Å². The summed E-state index contributed by atoms with van der Waals surface area (Å²) in [5.74, 6) is 0.172. The summed E-state index contributed by atoms with van der Waals surface area (Å²) in [4.78, 5) is 37.7. The molecule has 0 N–H and O–H groups in total. The predicted molar refractivity (Wildman–Crippen MR) is 109 cm³/mol. The van der Waals surface area contributed by atoms with Crippen molar-refractivity contribution in [3.63, 3.8) is 0 Å². The van der Waals surface area contributed by atoms with Gasteiger partial charge in [0.2, 0.25) is 15.9 Å². The summed E-state index contributed by atoms with van der Waals surface area (Å²) in [6.07, 6.45) is 1.49. The Kier molecular flexibility index (Phi) is 5.68. The first-order valence-electron chi connectivity index (χ1n) is 8.96. The molecule has 0 bridgehead atoms. The Hall–Kier alpha value is -3.18. The third-order valence-corrected chi connectivity index (χ3v) is 6.73. The van der Waals surface area contributed by atoms with E-state index in [1.54, 1.807) is 19.2 Å². The number of aryl methyl sites for hydroxylation is 2. The number of fused-ring (bicyclic) bond motifs is 1. The Morgan fingerprint density at radius 1 is 1.03 bits per heavy atom. The molecule has 0 spiro atoms. The largest absolute Gasteiger partial charge is 0.467 e. The van der Waals surface area contributed by atoms with Crippen LogP contribution < -0.4 is 11.1 Å². The number of amides is 1. The topological polar surface area (TPSA) is 115 Å². The summed E-state index contributed by atoms with van der Waals surface area (Å²) in [5.41, 5.74) is -0.763. The zero-order valence-electron chi connectivity index (χ0n) is 17.0. The van der Waals surface area contributed by atoms with Crippen molar-refractivity contribution >= 4 is 27.0 Å². The number of carbonyl (C=O) groups is 1. The Morgan fingerprint density at radius 2 is 1.67 bits per heavy atom. The summed E-state index contributed by atoms with van der Waals surface area (Å²) in [6, 6.07) is 7.54. The SMILES string of the molecule is CN(Cc1ccco1)C(=O)CN(C)S(=O)(=O)c1ccc2c(c1)n(C)c(=O)c(=O)n2C. The van der Waals surface area contributed by atoms with Crippen molar-refractivity contribution in [2.24, 2.45) is 14.1 Å². The maximum Gasteiger partial charge on any atom is 0.316 e. The van der Waals surface area contributed by atoms with Gasteiger partial charge in [-0.3, -0.25) is 14.4 Å². The lowest BCUT2D eigenvalue weighted by Crippen LogP contribution is -2.40. The molecule has 0 saturated carbocycles. The molecular weight excluding hydrogens is 412 g/mol. The fourth-order valence-electron chi connectivity index (χ4n) is 3.02. The van der Waals surface area contributed by atoms with Crippen molar-refractivity contribution in [2.45, 2.75) is 11.4 Å². The molecule has 3 rings (SSSR count). The lowest BCUT2D eigenvalue weighted by Gasteiger charge is -2.21. The van der Waals surface area contributed by atoms with Crippen LogP contribution in [0.1, 0.15) is 5.76 Å². The fourth-order valence-corrected chi connectivity index (χ4v) is 4.16. The monoisotopic (exact) mass is 434 g/mol. The minimum Gasteiger partial charge on any atom is -0.467 e. The molecule has 11 heteroatoms. The Bertz CT molecular complexity index is 1320. The van der Waals surface area contributed by atoms with Crippen LogP contribution >= 0.6 is 0 Å². The van der Waals surface area contributed by atoms with Gasteiger partial charge < -0.3 is 18.5 Å². The molecule has 0 saturated heterocycles. The highest BCUT2D eigenvalue weighted by Gasteiger charge is 2.25. The first-order chi connectivity index (χ1) is 14.0. The summed E-state index contributed by atoms with van der Waals surface area (Å²) in [7, 11) is 1.69. The minimum absolute atomic E-state index is 0.0902. The summed E-state index contributed by atoms with van der Waals surface area (Å²) >= 11 is 0. The van der Waals surface area contributed by atoms with E-state index in [4.69, 9.17) is 4.42 Å². The van der Waals surface area contributed by atoms with Crippen LogP contribution in [-0.2, 0) is 35.5 Å². The van der Waals surface area contributed by atoms with Gasteiger partial charge in [-0.2, -0.15) is 4.31 Å². The van der Waals surface area contributed by atoms with Crippen LogP contribution in [0.5, 0.6) is 0 Å². The van der Waals surface area contributed by atoms with Crippen molar-refractivity contribution in [1.29, 1.82) is 0 Å². The van der Waals surface area contributed by atoms with Crippen molar-refractivity contribution in [3.05, 3.63) is 63.1 Å². The van der Waals surface area contributed by atoms with Crippen LogP contribution in [0, 0.1) is 0 Å². The summed E-state index contributed by atoms with van der Waals surface area (Å²) < 4.78 is 34.4. The molecule has 1 amide bonds. The molecule has 160 valence electrons. The number of aromatic nitrogens is 2. The maximum atomic E-state index is 13.0. The van der Waals surface area contributed by atoms with Gasteiger partial charge >= 0.3 is 11.1 Å². The van der Waals surface area contributed by atoms with Crippen molar-refractivity contribution in [1.82, 2.24) is 18.3 Å². The van der Waals surface area contributed by atoms with Gasteiger partial charge in [-0.1, -0.05) is 0 Å². The minimum atomic E-state index is -4.01. The highest BCUT2D eigenvalue weighted by Crippen LogP contribution is 2.19. The molecule has 0 unspecified atom stereocenters. The standard InChI is InChI=1S/C19H22N4O6S/c1-20(11-13-6-5-9-29-13)17(24)12-21(2)30(27,28)14-7-8-15-16(10-14)23(4)19(26)18(25)22(15)3/h5-10H,11-12H2,1-4H3. The van der Waals surface area contributed by atoms with Crippen molar-refractivity contribution in [3.8, 4) is 0 Å². The Balaban J connectivity index is 1.89. The van der Waals surface area contributed by atoms with Gasteiger partial charge in [-0.25, -0.2) is 8.42 Å². The number of sulfonamides is 1. The molecule has 30 heavy (non-hydrogen) atoms. The third-order valence-electron chi connectivity index (χ3n) is 4.93. The number of benzene rings is 1. The quantitative estimate of drug-likeness (QED) is 0.509. The van der Waals surface area contributed by atoms with E-state index in [9.17, 15) is 22.8 Å². The van der Waals surface area contributed by atoms with E-state index < -0.39 is 27.0 Å². The molecule has 3 aromatic rings. The third kappa shape index (κ3) is 3.81. The van der Waals surface area contributed by atoms with Gasteiger partial charge in [0.05, 0.1) is 35.3 Å². The molecule has 2 aromatic heterocycles. The van der Waals surface area contributed by atoms with Gasteiger partial charge in [0.15, 0.2) is 0 Å². The van der Waals surface area contributed by atoms with E-state index in [2.05, 4.69) is 0 Å². The van der Waals surface area contributed by atoms with E-state index in [1.807, 2.05) is 0 Å². The van der Waals surface area contributed by atoms with Gasteiger partial charge in [-0.05, 0) is 30.3 Å². The van der Waals surface area contributed by atoms with E-state index in [-0.39, 0.29) is 23.5 Å². The van der Waals surface area contributed by atoms with E-state index in [1.165, 1.54) is 55.1 Å². The molecule has 0 radical (unpaired) electrons. The average Bonchev–Trinajstić information content (AvgIpc) is 3.22. The second-order valence-corrected chi connectivity index (χ2v) is 9.01. The predicted octanol–water partition coefficient (Wildman–Crippen LogP) is 0.109. The zero-order valence-corrected chi connectivity index (χ0v) is 17.8. The molecular formula is C19H22N4O6S. The van der Waals surface area contributed by atoms with E-state index in [0.717, 1.165) is 8.87 Å². The number of nitrogens with zero attached hydrogens (tertiary/aromatic N) is 4. The second kappa shape index (κ2) is 7.92. The molecule has 0 aliphatic carbocycles. The van der Waals surface area contributed by atoms with Crippen molar-refractivity contribution < 1.29 is 17.6 Å². The lowest BCUT2D eigenvalue weighted by atomic mass is 10.3. The van der Waals surface area contributed by atoms with E-state index in [0.29, 0.717) is 11.3 Å². The fraction of sp³-hybridized carbons (Fsp3) is 0.316. The first-order valence-corrected chi connectivity index (χ1v) is 10.4. The Morgan fingerprint density at radius 3 is 2.27 bits per heavy atom. The second-order valence-electron chi connectivity index (χ2n) is 6.97. The highest BCUT2D eigenvalue weighted by atomic mass is 32.2. The van der Waals surface area contributed by atoms with Crippen molar-refractivity contribution in [2.75, 3.05) is 20.6 Å². The molecule has 2 heterocycles. The smallest absolute Gasteiger partial charge is 0.316 e. The zero-order chi connectivity index (χ0) is 22.2. The van der Waals surface area contributed by atoms with E-state index >= 15 is 0 Å². The molecule has 0 aliphatic rings. The highest BCUT2D eigenvalue weighted by molar-refractivity contribution is 7.89. The lowest BCUT2D eigenvalue weighted by molar-refractivity contribution is -0.130. The number of hydrogen-bond donors (Lipinski definition) is 0. The van der Waals surface area contributed by atoms with Crippen LogP contribution in [0.2, 0.25) is 0 Å². The molecule has 1 aromatic carbocycles. The molecule has 0 atom stereocenters. The van der Waals surface area contributed by atoms with Crippen LogP contribution in [0.25, 0.3) is 11.0 Å². The number of furan rings is 1. The number of rotatable bonds is 6. The van der Waals surface area contributed by atoms with Crippen LogP contribution in [-0.4, -0.2) is 53.3 Å². The maximum absolute atomic E-state index is 13.0. The van der Waals surface area contributed by atoms with Gasteiger partial charge in [0.1, 0.15) is 5.76 Å². The number of carbonyl (C=O) groups excluding carboxylic acids is 1. The average molecular weight is 434 g/mol. The van der Waals surface area contributed by atoms with Crippen LogP contribution in [0.4, 0.5) is 0 Å². The number of hydrogen-bond acceptors (Lipinski definition) is 6. The van der Waals surface area contributed by atoms with Gasteiger partial charge in [-0.15, -0.1) is 0 Å². The summed E-state index contributed by atoms with van der Waals surface area (Å²) in [6.45, 7) is -0.157. The molecule has 10 nitrogen and oxygen atoms in total. The van der Waals surface area contributed by atoms with Crippen LogP contribution in [0.15, 0.2) is 55.5 Å².